The van der Waals surface area contributed by atoms with Crippen LogP contribution in [-0.4, -0.2) is 48.5 Å². The van der Waals surface area contributed by atoms with Crippen LogP contribution in [-0.2, 0) is 4.74 Å². The minimum atomic E-state index is -0.467. The molecule has 2 heterocycles. The highest BCUT2D eigenvalue weighted by Crippen LogP contribution is 2.29. The smallest absolute Gasteiger partial charge is 0.293 e. The summed E-state index contributed by atoms with van der Waals surface area (Å²) in [6, 6.07) is 17.0. The number of furan rings is 1. The second kappa shape index (κ2) is 9.76. The van der Waals surface area contributed by atoms with Gasteiger partial charge in [0.2, 0.25) is 0 Å². The predicted octanol–water partition coefficient (Wildman–Crippen LogP) is 4.21. The van der Waals surface area contributed by atoms with Crippen molar-refractivity contribution in [3.63, 3.8) is 0 Å². The molecule has 1 N–H and O–H groups in total. The summed E-state index contributed by atoms with van der Waals surface area (Å²) in [5.74, 6) is 1.36. The Labute approximate surface area is 185 Å². The molecule has 0 radical (unpaired) electrons. The molecule has 32 heavy (non-hydrogen) atoms. The molecule has 3 aromatic rings. The number of morpholine rings is 1. The summed E-state index contributed by atoms with van der Waals surface area (Å²) in [6.07, 6.45) is 0. The number of nitro groups is 1. The van der Waals surface area contributed by atoms with E-state index in [1.165, 1.54) is 6.07 Å². The van der Waals surface area contributed by atoms with E-state index < -0.39 is 4.92 Å². The molecule has 166 valence electrons. The lowest BCUT2D eigenvalue weighted by atomic mass is 10.0. The number of carbonyl (C=O) groups is 1. The Kier molecular flexibility index (Phi) is 6.63. The van der Waals surface area contributed by atoms with Gasteiger partial charge in [0.05, 0.1) is 24.2 Å². The van der Waals surface area contributed by atoms with Gasteiger partial charge in [0.1, 0.15) is 17.2 Å². The third kappa shape index (κ3) is 4.87. The van der Waals surface area contributed by atoms with Gasteiger partial charge in [-0.2, -0.15) is 0 Å². The first kappa shape index (κ1) is 21.7. The number of nitrogens with zero attached hydrogens (tertiary/aromatic N) is 2. The topological polar surface area (TPSA) is 97.8 Å². The lowest BCUT2D eigenvalue weighted by molar-refractivity contribution is -0.384. The molecule has 1 atom stereocenters. The van der Waals surface area contributed by atoms with Crippen molar-refractivity contribution in [3.8, 4) is 0 Å². The number of aryl methyl sites for hydroxylation is 1. The van der Waals surface area contributed by atoms with Crippen LogP contribution in [0.15, 0.2) is 65.1 Å². The molecule has 1 unspecified atom stereocenters. The molecule has 1 saturated heterocycles. The number of anilines is 1. The fourth-order valence-electron chi connectivity index (χ4n) is 3.87. The van der Waals surface area contributed by atoms with E-state index in [4.69, 9.17) is 9.15 Å². The summed E-state index contributed by atoms with van der Waals surface area (Å²) in [4.78, 5) is 26.3. The van der Waals surface area contributed by atoms with Crippen molar-refractivity contribution in [1.29, 1.82) is 0 Å². The van der Waals surface area contributed by atoms with Crippen molar-refractivity contribution >= 4 is 17.2 Å². The van der Waals surface area contributed by atoms with Gasteiger partial charge < -0.3 is 14.5 Å². The van der Waals surface area contributed by atoms with Crippen LogP contribution in [0.25, 0.3) is 0 Å². The third-order valence-corrected chi connectivity index (χ3v) is 5.55. The number of ether oxygens (including phenoxy) is 1. The fraction of sp³-hybridized carbons (Fsp3) is 0.292. The maximum atomic E-state index is 12.7. The Morgan fingerprint density at radius 2 is 1.84 bits per heavy atom. The highest BCUT2D eigenvalue weighted by molar-refractivity contribution is 6.09. The summed E-state index contributed by atoms with van der Waals surface area (Å²) in [7, 11) is 0. The van der Waals surface area contributed by atoms with Gasteiger partial charge in [-0.1, -0.05) is 30.3 Å². The molecule has 0 bridgehead atoms. The predicted molar refractivity (Wildman–Crippen MR) is 120 cm³/mol. The van der Waals surface area contributed by atoms with E-state index in [1.54, 1.807) is 36.4 Å². The summed E-state index contributed by atoms with van der Waals surface area (Å²) in [5.41, 5.74) is 0.993. The van der Waals surface area contributed by atoms with Crippen LogP contribution < -0.4 is 5.32 Å². The van der Waals surface area contributed by atoms with Gasteiger partial charge in [-0.3, -0.25) is 19.8 Å². The van der Waals surface area contributed by atoms with Crippen molar-refractivity contribution in [1.82, 2.24) is 4.90 Å². The second-order valence-electron chi connectivity index (χ2n) is 7.68. The highest BCUT2D eigenvalue weighted by Gasteiger charge is 2.26. The first-order valence-electron chi connectivity index (χ1n) is 10.5. The van der Waals surface area contributed by atoms with Gasteiger partial charge in [0.15, 0.2) is 5.78 Å². The van der Waals surface area contributed by atoms with Gasteiger partial charge in [-0.15, -0.1) is 0 Å². The van der Waals surface area contributed by atoms with Gasteiger partial charge >= 0.3 is 0 Å². The Morgan fingerprint density at radius 3 is 2.50 bits per heavy atom. The average molecular weight is 435 g/mol. The molecule has 1 aromatic heterocycles. The molecule has 8 heteroatoms. The zero-order valence-corrected chi connectivity index (χ0v) is 17.8. The number of hydrogen-bond donors (Lipinski definition) is 1. The monoisotopic (exact) mass is 435 g/mol. The van der Waals surface area contributed by atoms with Crippen LogP contribution in [0.3, 0.4) is 0 Å². The third-order valence-electron chi connectivity index (χ3n) is 5.55. The maximum absolute atomic E-state index is 12.7. The largest absolute Gasteiger partial charge is 0.465 e. The number of carbonyl (C=O) groups excluding carboxylic acids is 1. The van der Waals surface area contributed by atoms with Gasteiger partial charge in [0, 0.05) is 36.8 Å². The normalized spacial score (nSPS) is 15.3. The molecule has 4 rings (SSSR count). The number of nitro benzene ring substituents is 1. The van der Waals surface area contributed by atoms with Crippen LogP contribution in [0, 0.1) is 17.0 Å². The van der Waals surface area contributed by atoms with E-state index in [1.807, 2.05) is 25.1 Å². The highest BCUT2D eigenvalue weighted by atomic mass is 16.6. The summed E-state index contributed by atoms with van der Waals surface area (Å²) >= 11 is 0. The van der Waals surface area contributed by atoms with E-state index in [0.29, 0.717) is 31.0 Å². The zero-order valence-electron chi connectivity index (χ0n) is 17.8. The standard InChI is InChI=1S/C24H25N3O5/c1-17-7-10-23(32-17)22(26-11-13-31-14-12-26)16-25-20-9-8-19(15-21(20)27(29)30)24(28)18-5-3-2-4-6-18/h2-10,15,22,25H,11-14,16H2,1H3. The Hall–Kier alpha value is -3.49. The van der Waals surface area contributed by atoms with Crippen LogP contribution in [0.2, 0.25) is 0 Å². The van der Waals surface area contributed by atoms with Crippen molar-refractivity contribution in [2.45, 2.75) is 13.0 Å². The van der Waals surface area contributed by atoms with E-state index in [0.717, 1.165) is 24.6 Å². The van der Waals surface area contributed by atoms with Gasteiger partial charge in [0.25, 0.3) is 5.69 Å². The SMILES string of the molecule is Cc1ccc(C(CNc2ccc(C(=O)c3ccccc3)cc2[N+](=O)[O-])N2CCOCC2)o1. The van der Waals surface area contributed by atoms with E-state index in [9.17, 15) is 14.9 Å². The summed E-state index contributed by atoms with van der Waals surface area (Å²) < 4.78 is 11.3. The fourth-order valence-corrected chi connectivity index (χ4v) is 3.87. The molecule has 2 aromatic carbocycles. The Balaban J connectivity index is 1.56. The van der Waals surface area contributed by atoms with Crippen LogP contribution in [0.1, 0.15) is 33.5 Å². The van der Waals surface area contributed by atoms with Crippen molar-refractivity contribution < 1.29 is 18.9 Å². The van der Waals surface area contributed by atoms with Crippen molar-refractivity contribution in [3.05, 3.63) is 93.4 Å². The number of rotatable bonds is 8. The first-order chi connectivity index (χ1) is 15.5. The average Bonchev–Trinajstić information content (AvgIpc) is 3.26. The number of ketones is 1. The first-order valence-corrected chi connectivity index (χ1v) is 10.5. The summed E-state index contributed by atoms with van der Waals surface area (Å²) in [5, 5.41) is 15.0. The van der Waals surface area contributed by atoms with Gasteiger partial charge in [-0.05, 0) is 31.2 Å². The molecule has 1 aliphatic heterocycles. The Morgan fingerprint density at radius 1 is 1.09 bits per heavy atom. The second-order valence-corrected chi connectivity index (χ2v) is 7.68. The molecule has 0 saturated carbocycles. The zero-order chi connectivity index (χ0) is 22.5. The van der Waals surface area contributed by atoms with Crippen LogP contribution in [0.5, 0.6) is 0 Å². The molecule has 0 amide bonds. The van der Waals surface area contributed by atoms with E-state index in [2.05, 4.69) is 10.2 Å². The van der Waals surface area contributed by atoms with Crippen molar-refractivity contribution in [2.75, 3.05) is 38.2 Å². The van der Waals surface area contributed by atoms with E-state index >= 15 is 0 Å². The quantitative estimate of drug-likeness (QED) is 0.321. The maximum Gasteiger partial charge on any atom is 0.293 e. The lowest BCUT2D eigenvalue weighted by Crippen LogP contribution is -2.41. The van der Waals surface area contributed by atoms with Crippen LogP contribution in [0.4, 0.5) is 11.4 Å². The molecule has 1 aliphatic rings. The molecular weight excluding hydrogens is 410 g/mol. The van der Waals surface area contributed by atoms with Gasteiger partial charge in [-0.25, -0.2) is 0 Å². The van der Waals surface area contributed by atoms with Crippen LogP contribution >= 0.6 is 0 Å². The molecule has 1 fully saturated rings. The summed E-state index contributed by atoms with van der Waals surface area (Å²) in [6.45, 7) is 5.07. The van der Waals surface area contributed by atoms with Crippen molar-refractivity contribution in [2.24, 2.45) is 0 Å². The van der Waals surface area contributed by atoms with E-state index in [-0.39, 0.29) is 23.1 Å². The number of benzene rings is 2. The molecule has 0 spiro atoms. The number of hydrogen-bond acceptors (Lipinski definition) is 7. The Bertz CT molecular complexity index is 1090. The number of nitrogens with one attached hydrogen (secondary N) is 1. The minimum Gasteiger partial charge on any atom is -0.465 e. The molecule has 0 aliphatic carbocycles. The minimum absolute atomic E-state index is 0.0992. The molecular formula is C24H25N3O5. The molecule has 8 nitrogen and oxygen atoms in total. The lowest BCUT2D eigenvalue weighted by Gasteiger charge is -2.33.